The zero-order valence-electron chi connectivity index (χ0n) is 9.74. The third-order valence-electron chi connectivity index (χ3n) is 4.53. The summed E-state index contributed by atoms with van der Waals surface area (Å²) in [7, 11) is 0. The first-order valence-corrected chi connectivity index (χ1v) is 6.01. The van der Waals surface area contributed by atoms with Gasteiger partial charge in [-0.25, -0.2) is 0 Å². The van der Waals surface area contributed by atoms with Gasteiger partial charge in [-0.2, -0.15) is 0 Å². The first kappa shape index (κ1) is 11.2. The first-order chi connectivity index (χ1) is 6.93. The third kappa shape index (κ3) is 1.74. The van der Waals surface area contributed by atoms with E-state index < -0.39 is 11.7 Å². The molecule has 0 aromatic rings. The molecule has 0 aromatic heterocycles. The molecule has 0 radical (unpaired) electrons. The largest absolute Gasteiger partial charge is 0.390 e. The number of rotatable bonds is 0. The zero-order valence-corrected chi connectivity index (χ0v) is 9.74. The molecule has 0 saturated heterocycles. The van der Waals surface area contributed by atoms with Crippen molar-refractivity contribution >= 4 is 0 Å². The maximum atomic E-state index is 10.2. The van der Waals surface area contributed by atoms with Crippen molar-refractivity contribution in [2.45, 2.75) is 51.2 Å². The summed E-state index contributed by atoms with van der Waals surface area (Å²) in [4.78, 5) is 0. The molecule has 0 aliphatic heterocycles. The van der Waals surface area contributed by atoms with Crippen molar-refractivity contribution < 1.29 is 10.2 Å². The van der Waals surface area contributed by atoms with Crippen LogP contribution < -0.4 is 0 Å². The molecule has 0 bridgehead atoms. The lowest BCUT2D eigenvalue weighted by Crippen LogP contribution is -2.54. The van der Waals surface area contributed by atoms with Crippen molar-refractivity contribution in [2.24, 2.45) is 17.8 Å². The lowest BCUT2D eigenvalue weighted by Gasteiger charge is -2.49. The average Bonchev–Trinajstić information content (AvgIpc) is 2.16. The van der Waals surface area contributed by atoms with Crippen LogP contribution in [-0.4, -0.2) is 21.9 Å². The summed E-state index contributed by atoms with van der Waals surface area (Å²) in [6, 6.07) is 0. The van der Waals surface area contributed by atoms with Crippen molar-refractivity contribution in [2.75, 3.05) is 0 Å². The molecule has 0 aromatic carbocycles. The van der Waals surface area contributed by atoms with Gasteiger partial charge in [0.1, 0.15) is 0 Å². The fraction of sp³-hybridized carbons (Fsp3) is 0.846. The molecular formula is C13H22O2. The zero-order chi connectivity index (χ0) is 11.2. The summed E-state index contributed by atoms with van der Waals surface area (Å²) in [6.07, 6.45) is 3.30. The van der Waals surface area contributed by atoms with Gasteiger partial charge in [0.25, 0.3) is 0 Å². The van der Waals surface area contributed by atoms with Crippen LogP contribution in [0.5, 0.6) is 0 Å². The van der Waals surface area contributed by atoms with Crippen molar-refractivity contribution in [1.82, 2.24) is 0 Å². The van der Waals surface area contributed by atoms with E-state index >= 15 is 0 Å². The molecule has 2 fully saturated rings. The average molecular weight is 210 g/mol. The second-order valence-electron chi connectivity index (χ2n) is 5.70. The number of allylic oxidation sites excluding steroid dienone is 1. The maximum absolute atomic E-state index is 10.2. The summed E-state index contributed by atoms with van der Waals surface area (Å²) in [6.45, 7) is 8.07. The molecule has 86 valence electrons. The van der Waals surface area contributed by atoms with Crippen LogP contribution in [0.25, 0.3) is 0 Å². The fourth-order valence-corrected chi connectivity index (χ4v) is 3.40. The van der Waals surface area contributed by atoms with Gasteiger partial charge in [0.15, 0.2) is 0 Å². The van der Waals surface area contributed by atoms with Crippen LogP contribution in [0, 0.1) is 17.8 Å². The van der Waals surface area contributed by atoms with Gasteiger partial charge >= 0.3 is 0 Å². The topological polar surface area (TPSA) is 40.5 Å². The van der Waals surface area contributed by atoms with Gasteiger partial charge in [0.05, 0.1) is 11.7 Å². The fourth-order valence-electron chi connectivity index (χ4n) is 3.40. The van der Waals surface area contributed by atoms with Crippen LogP contribution in [0.15, 0.2) is 12.2 Å². The molecule has 15 heavy (non-hydrogen) atoms. The first-order valence-electron chi connectivity index (χ1n) is 6.01. The van der Waals surface area contributed by atoms with E-state index in [0.29, 0.717) is 18.3 Å². The highest BCUT2D eigenvalue weighted by molar-refractivity contribution is 5.13. The Morgan fingerprint density at radius 1 is 1.40 bits per heavy atom. The Bertz CT molecular complexity index is 270. The molecule has 2 heteroatoms. The van der Waals surface area contributed by atoms with Crippen molar-refractivity contribution in [3.8, 4) is 0 Å². The second kappa shape index (κ2) is 3.60. The Morgan fingerprint density at radius 3 is 2.73 bits per heavy atom. The van der Waals surface area contributed by atoms with E-state index in [1.807, 2.05) is 0 Å². The molecule has 2 N–H and O–H groups in total. The lowest BCUT2D eigenvalue weighted by atomic mass is 9.59. The maximum Gasteiger partial charge on any atom is 0.0880 e. The highest BCUT2D eigenvalue weighted by Crippen LogP contribution is 2.48. The van der Waals surface area contributed by atoms with E-state index in [9.17, 15) is 10.2 Å². The van der Waals surface area contributed by atoms with Gasteiger partial charge in [-0.15, -0.1) is 0 Å². The molecule has 2 aliphatic carbocycles. The van der Waals surface area contributed by atoms with Crippen molar-refractivity contribution in [3.05, 3.63) is 12.2 Å². The van der Waals surface area contributed by atoms with Crippen LogP contribution in [0.2, 0.25) is 0 Å². The Morgan fingerprint density at radius 2 is 2.07 bits per heavy atom. The normalized spacial score (nSPS) is 51.3. The molecule has 0 heterocycles. The molecule has 0 spiro atoms. The summed E-state index contributed by atoms with van der Waals surface area (Å²) < 4.78 is 0. The van der Waals surface area contributed by atoms with Crippen LogP contribution in [0.1, 0.15) is 39.5 Å². The van der Waals surface area contributed by atoms with Gasteiger partial charge < -0.3 is 10.2 Å². The highest BCUT2D eigenvalue weighted by atomic mass is 16.3. The SMILES string of the molecule is C=C1CC[C@@H](C)[C@H]2[C@H]1CC[C@](C)(O)[C@H]2O. The van der Waals surface area contributed by atoms with Crippen LogP contribution in [-0.2, 0) is 0 Å². The Kier molecular flexibility index (Phi) is 2.68. The van der Waals surface area contributed by atoms with Crippen molar-refractivity contribution in [1.29, 1.82) is 0 Å². The minimum atomic E-state index is -0.896. The summed E-state index contributed by atoms with van der Waals surface area (Å²) in [5.41, 5.74) is 0.389. The number of aliphatic hydroxyl groups excluding tert-OH is 1. The monoisotopic (exact) mass is 210 g/mol. The molecule has 0 unspecified atom stereocenters. The van der Waals surface area contributed by atoms with Gasteiger partial charge in [-0.3, -0.25) is 0 Å². The quantitative estimate of drug-likeness (QED) is 0.601. The second-order valence-corrected chi connectivity index (χ2v) is 5.70. The van der Waals surface area contributed by atoms with E-state index in [0.717, 1.165) is 19.3 Å². The lowest BCUT2D eigenvalue weighted by molar-refractivity contribution is -0.143. The van der Waals surface area contributed by atoms with Gasteiger partial charge in [-0.05, 0) is 50.4 Å². The van der Waals surface area contributed by atoms with Gasteiger partial charge in [-0.1, -0.05) is 19.1 Å². The molecule has 0 amide bonds. The van der Waals surface area contributed by atoms with E-state index in [1.165, 1.54) is 5.57 Å². The molecule has 2 rings (SSSR count). The summed E-state index contributed by atoms with van der Waals surface area (Å²) in [5.74, 6) is 1.15. The molecule has 5 atom stereocenters. The molecular weight excluding hydrogens is 188 g/mol. The smallest absolute Gasteiger partial charge is 0.0880 e. The molecule has 2 nitrogen and oxygen atoms in total. The van der Waals surface area contributed by atoms with Gasteiger partial charge in [0, 0.05) is 0 Å². The number of hydrogen-bond acceptors (Lipinski definition) is 2. The number of fused-ring (bicyclic) bond motifs is 1. The van der Waals surface area contributed by atoms with Crippen LogP contribution in [0.3, 0.4) is 0 Å². The van der Waals surface area contributed by atoms with E-state index in [-0.39, 0.29) is 5.92 Å². The molecule has 2 saturated carbocycles. The Hall–Kier alpha value is -0.340. The van der Waals surface area contributed by atoms with Gasteiger partial charge in [0.2, 0.25) is 0 Å². The number of hydrogen-bond donors (Lipinski definition) is 2. The Labute approximate surface area is 92.0 Å². The van der Waals surface area contributed by atoms with E-state index in [2.05, 4.69) is 13.5 Å². The summed E-state index contributed by atoms with van der Waals surface area (Å²) >= 11 is 0. The Balaban J connectivity index is 2.25. The minimum Gasteiger partial charge on any atom is -0.390 e. The van der Waals surface area contributed by atoms with Crippen molar-refractivity contribution in [3.63, 3.8) is 0 Å². The van der Waals surface area contributed by atoms with E-state index in [1.54, 1.807) is 6.92 Å². The minimum absolute atomic E-state index is 0.218. The molecule has 2 aliphatic rings. The highest BCUT2D eigenvalue weighted by Gasteiger charge is 2.48. The standard InChI is InChI=1S/C13H22O2/c1-8-4-5-9(2)11-10(8)6-7-13(3,15)12(11)14/h9-12,14-15H,1,4-7H2,2-3H3/t9-,10+,11+,12+,13+/m1/s1. The van der Waals surface area contributed by atoms with E-state index in [4.69, 9.17) is 0 Å². The predicted molar refractivity (Wildman–Crippen MR) is 60.4 cm³/mol. The predicted octanol–water partition coefficient (Wildman–Crippen LogP) is 2.11. The van der Waals surface area contributed by atoms with Crippen LogP contribution >= 0.6 is 0 Å². The summed E-state index contributed by atoms with van der Waals surface area (Å²) in [5, 5.41) is 20.3. The van der Waals surface area contributed by atoms with Crippen LogP contribution in [0.4, 0.5) is 0 Å². The number of aliphatic hydroxyl groups is 2. The third-order valence-corrected chi connectivity index (χ3v) is 4.53.